The van der Waals surface area contributed by atoms with Crippen LogP contribution >= 0.6 is 0 Å². The van der Waals surface area contributed by atoms with Gasteiger partial charge in [0.1, 0.15) is 11.3 Å². The van der Waals surface area contributed by atoms with Gasteiger partial charge in [-0.25, -0.2) is 14.8 Å². The number of hydrogen-bond acceptors (Lipinski definition) is 5. The fourth-order valence-corrected chi connectivity index (χ4v) is 2.48. The third-order valence-corrected chi connectivity index (χ3v) is 3.80. The zero-order valence-electron chi connectivity index (χ0n) is 14.1. The summed E-state index contributed by atoms with van der Waals surface area (Å²) < 4.78 is 1.71. The normalized spacial score (nSPS) is 10.0. The van der Waals surface area contributed by atoms with Crippen LogP contribution in [-0.2, 0) is 7.05 Å². The number of hydrogen-bond donors (Lipinski definition) is 2. The van der Waals surface area contributed by atoms with E-state index in [1.807, 2.05) is 0 Å². The predicted molar refractivity (Wildman–Crippen MR) is 96.5 cm³/mol. The summed E-state index contributed by atoms with van der Waals surface area (Å²) in [4.78, 5) is 20.6. The van der Waals surface area contributed by atoms with Crippen LogP contribution in [0.15, 0.2) is 30.6 Å². The Morgan fingerprint density at radius 2 is 2.08 bits per heavy atom. The summed E-state index contributed by atoms with van der Waals surface area (Å²) in [6.45, 7) is 0. The van der Waals surface area contributed by atoms with E-state index in [-0.39, 0.29) is 11.6 Å². The molecule has 0 aliphatic carbocycles. The Kier molecular flexibility index (Phi) is 4.17. The summed E-state index contributed by atoms with van der Waals surface area (Å²) in [7, 11) is 3.14. The fraction of sp³-hybridized carbons (Fsp3) is 0.111. The number of nitrogens with two attached hydrogens (primary N) is 1. The highest BCUT2D eigenvalue weighted by atomic mass is 16.4. The minimum Gasteiger partial charge on any atom is -0.465 e. The SMILES string of the molecule is CN(C(=O)O)c1nc(N)c(C#Cc2cccc(C#N)c2)c2c1ncn2C. The van der Waals surface area contributed by atoms with Crippen molar-refractivity contribution >= 4 is 28.8 Å². The number of benzene rings is 1. The number of carbonyl (C=O) groups is 1. The maximum atomic E-state index is 11.3. The number of rotatable bonds is 1. The molecule has 3 N–H and O–H groups in total. The Hall–Kier alpha value is -4.04. The van der Waals surface area contributed by atoms with Crippen molar-refractivity contribution in [1.29, 1.82) is 5.26 Å². The first-order valence-electron chi connectivity index (χ1n) is 7.51. The van der Waals surface area contributed by atoms with Crippen molar-refractivity contribution in [2.24, 2.45) is 7.05 Å². The van der Waals surface area contributed by atoms with Gasteiger partial charge in [-0.2, -0.15) is 5.26 Å². The van der Waals surface area contributed by atoms with Gasteiger partial charge in [-0.05, 0) is 18.2 Å². The molecule has 26 heavy (non-hydrogen) atoms. The van der Waals surface area contributed by atoms with Crippen molar-refractivity contribution in [2.45, 2.75) is 0 Å². The fourth-order valence-electron chi connectivity index (χ4n) is 2.48. The van der Waals surface area contributed by atoms with Crippen LogP contribution in [0.2, 0.25) is 0 Å². The van der Waals surface area contributed by atoms with Gasteiger partial charge in [0.15, 0.2) is 5.82 Å². The Morgan fingerprint density at radius 1 is 1.35 bits per heavy atom. The molecular formula is C18H14N6O2. The monoisotopic (exact) mass is 346 g/mol. The largest absolute Gasteiger partial charge is 0.465 e. The zero-order valence-corrected chi connectivity index (χ0v) is 14.1. The van der Waals surface area contributed by atoms with Crippen LogP contribution < -0.4 is 10.6 Å². The number of aryl methyl sites for hydroxylation is 1. The Bertz CT molecular complexity index is 1130. The minimum absolute atomic E-state index is 0.105. The molecule has 8 nitrogen and oxygen atoms in total. The number of pyridine rings is 1. The molecule has 0 saturated carbocycles. The maximum Gasteiger partial charge on any atom is 0.412 e. The summed E-state index contributed by atoms with van der Waals surface area (Å²) in [5, 5.41) is 18.2. The highest BCUT2D eigenvalue weighted by molar-refractivity contribution is 5.99. The van der Waals surface area contributed by atoms with Gasteiger partial charge >= 0.3 is 6.09 Å². The molecule has 0 spiro atoms. The predicted octanol–water partition coefficient (Wildman–Crippen LogP) is 1.94. The molecule has 128 valence electrons. The van der Waals surface area contributed by atoms with Crippen LogP contribution in [0.4, 0.5) is 16.4 Å². The average molecular weight is 346 g/mol. The summed E-state index contributed by atoms with van der Waals surface area (Å²) >= 11 is 0. The number of nitrogens with zero attached hydrogens (tertiary/aromatic N) is 5. The van der Waals surface area contributed by atoms with Crippen molar-refractivity contribution in [3.8, 4) is 17.9 Å². The van der Waals surface area contributed by atoms with E-state index in [9.17, 15) is 9.90 Å². The standard InChI is InChI=1S/C18H14N6O2/c1-23-10-21-14-15(23)13(16(20)22-17(14)24(2)18(25)26)7-6-11-4-3-5-12(8-11)9-19/h3-5,8,10H,1-2H3,(H2,20,22)(H,25,26). The molecule has 0 bridgehead atoms. The van der Waals surface area contributed by atoms with Gasteiger partial charge in [0.2, 0.25) is 0 Å². The quantitative estimate of drug-likeness (QED) is 0.650. The number of amides is 1. The van der Waals surface area contributed by atoms with Gasteiger partial charge < -0.3 is 15.4 Å². The lowest BCUT2D eigenvalue weighted by Gasteiger charge is -2.14. The molecular weight excluding hydrogens is 332 g/mol. The zero-order chi connectivity index (χ0) is 18.8. The van der Waals surface area contributed by atoms with E-state index in [0.717, 1.165) is 4.90 Å². The van der Waals surface area contributed by atoms with Gasteiger partial charge in [-0.1, -0.05) is 17.9 Å². The molecule has 0 radical (unpaired) electrons. The number of nitrogen functional groups attached to an aromatic ring is 1. The van der Waals surface area contributed by atoms with E-state index in [4.69, 9.17) is 11.0 Å². The molecule has 0 aliphatic heterocycles. The first kappa shape index (κ1) is 16.8. The van der Waals surface area contributed by atoms with Gasteiger partial charge in [0, 0.05) is 19.7 Å². The molecule has 2 aromatic heterocycles. The number of imidazole rings is 1. The molecule has 8 heteroatoms. The van der Waals surface area contributed by atoms with Crippen molar-refractivity contribution in [3.63, 3.8) is 0 Å². The van der Waals surface area contributed by atoms with Crippen LogP contribution in [0.3, 0.4) is 0 Å². The molecule has 0 saturated heterocycles. The maximum absolute atomic E-state index is 11.3. The first-order valence-corrected chi connectivity index (χ1v) is 7.51. The Balaban J connectivity index is 2.20. The molecule has 0 aliphatic rings. The van der Waals surface area contributed by atoms with Crippen LogP contribution in [0.5, 0.6) is 0 Å². The minimum atomic E-state index is -1.17. The van der Waals surface area contributed by atoms with Crippen LogP contribution in [-0.4, -0.2) is 32.8 Å². The van der Waals surface area contributed by atoms with Crippen LogP contribution in [0.25, 0.3) is 11.0 Å². The highest BCUT2D eigenvalue weighted by Gasteiger charge is 2.20. The molecule has 1 aromatic carbocycles. The van der Waals surface area contributed by atoms with E-state index in [2.05, 4.69) is 27.9 Å². The van der Waals surface area contributed by atoms with Crippen molar-refractivity contribution in [2.75, 3.05) is 17.7 Å². The number of fused-ring (bicyclic) bond motifs is 1. The summed E-state index contributed by atoms with van der Waals surface area (Å²) in [6, 6.07) is 8.95. The average Bonchev–Trinajstić information content (AvgIpc) is 3.01. The third-order valence-electron chi connectivity index (χ3n) is 3.80. The molecule has 3 rings (SSSR count). The van der Waals surface area contributed by atoms with E-state index < -0.39 is 6.09 Å². The lowest BCUT2D eigenvalue weighted by molar-refractivity contribution is 0.203. The van der Waals surface area contributed by atoms with E-state index >= 15 is 0 Å². The van der Waals surface area contributed by atoms with Gasteiger partial charge in [0.05, 0.1) is 29.0 Å². The van der Waals surface area contributed by atoms with Crippen molar-refractivity contribution < 1.29 is 9.90 Å². The van der Waals surface area contributed by atoms with Gasteiger partial charge in [0.25, 0.3) is 0 Å². The van der Waals surface area contributed by atoms with Gasteiger partial charge in [-0.3, -0.25) is 4.90 Å². The van der Waals surface area contributed by atoms with Gasteiger partial charge in [-0.15, -0.1) is 0 Å². The second-order valence-corrected chi connectivity index (χ2v) is 5.53. The number of anilines is 2. The third kappa shape index (κ3) is 2.87. The first-order chi connectivity index (χ1) is 12.4. The smallest absolute Gasteiger partial charge is 0.412 e. The molecule has 0 unspecified atom stereocenters. The molecule has 2 heterocycles. The Morgan fingerprint density at radius 3 is 2.77 bits per heavy atom. The topological polar surface area (TPSA) is 121 Å². The highest BCUT2D eigenvalue weighted by Crippen LogP contribution is 2.28. The van der Waals surface area contributed by atoms with Crippen molar-refractivity contribution in [1.82, 2.24) is 14.5 Å². The summed E-state index contributed by atoms with van der Waals surface area (Å²) in [6.07, 6.45) is 0.378. The number of nitriles is 1. The number of carboxylic acid groups (broad SMARTS) is 1. The molecule has 0 atom stereocenters. The van der Waals surface area contributed by atoms with Crippen LogP contribution in [0, 0.1) is 23.2 Å². The summed E-state index contributed by atoms with van der Waals surface area (Å²) in [5.74, 6) is 6.18. The second-order valence-electron chi connectivity index (χ2n) is 5.53. The Labute approximate surface area is 149 Å². The molecule has 0 fully saturated rings. The van der Waals surface area contributed by atoms with Crippen molar-refractivity contribution in [3.05, 3.63) is 47.3 Å². The van der Waals surface area contributed by atoms with Crippen LogP contribution in [0.1, 0.15) is 16.7 Å². The molecule has 1 amide bonds. The van der Waals surface area contributed by atoms with E-state index in [1.54, 1.807) is 42.2 Å². The summed E-state index contributed by atoms with van der Waals surface area (Å²) in [5.41, 5.74) is 8.64. The second kappa shape index (κ2) is 6.46. The molecule has 3 aromatic rings. The lowest BCUT2D eigenvalue weighted by Crippen LogP contribution is -2.25. The number of aromatic nitrogens is 3. The van der Waals surface area contributed by atoms with E-state index in [0.29, 0.717) is 27.7 Å². The van der Waals surface area contributed by atoms with E-state index in [1.165, 1.54) is 7.05 Å². The lowest BCUT2D eigenvalue weighted by atomic mass is 10.1.